The largest absolute Gasteiger partial charge is 0.598 e. The van der Waals surface area contributed by atoms with E-state index in [-0.39, 0.29) is 16.6 Å². The van der Waals surface area contributed by atoms with E-state index >= 15 is 0 Å². The van der Waals surface area contributed by atoms with E-state index in [9.17, 15) is 8.94 Å². The first kappa shape index (κ1) is 19.8. The summed E-state index contributed by atoms with van der Waals surface area (Å²) in [7, 11) is 1.64. The maximum Gasteiger partial charge on any atom is 0.136 e. The predicted octanol–water partition coefficient (Wildman–Crippen LogP) is 4.56. The summed E-state index contributed by atoms with van der Waals surface area (Å²) in [6.45, 7) is 5.80. The number of hydrogen-bond acceptors (Lipinski definition) is 3. The molecule has 0 amide bonds. The highest BCUT2D eigenvalue weighted by Gasteiger charge is 2.29. The van der Waals surface area contributed by atoms with E-state index in [1.165, 1.54) is 17.7 Å². The van der Waals surface area contributed by atoms with Gasteiger partial charge in [-0.1, -0.05) is 24.3 Å². The fourth-order valence-electron chi connectivity index (χ4n) is 2.40. The van der Waals surface area contributed by atoms with Crippen molar-refractivity contribution in [3.63, 3.8) is 0 Å². The van der Waals surface area contributed by atoms with Gasteiger partial charge < -0.3 is 9.29 Å². The lowest BCUT2D eigenvalue weighted by molar-refractivity contribution is 0.414. The third-order valence-electron chi connectivity index (χ3n) is 3.96. The molecule has 2 unspecified atom stereocenters. The van der Waals surface area contributed by atoms with E-state index in [4.69, 9.17) is 4.74 Å². The number of nitrogens with one attached hydrogen (secondary N) is 1. The molecular weight excluding hydrogens is 337 g/mol. The van der Waals surface area contributed by atoms with Gasteiger partial charge in [-0.3, -0.25) is 0 Å². The number of rotatable bonds is 7. The van der Waals surface area contributed by atoms with E-state index in [1.807, 2.05) is 45.0 Å². The van der Waals surface area contributed by atoms with Crippen LogP contribution in [0.25, 0.3) is 0 Å². The summed E-state index contributed by atoms with van der Waals surface area (Å²) in [5, 5.41) is 0. The Hall–Kier alpha value is -1.56. The van der Waals surface area contributed by atoms with Gasteiger partial charge in [0.25, 0.3) is 0 Å². The Balaban J connectivity index is 2.11. The van der Waals surface area contributed by atoms with Crippen molar-refractivity contribution in [2.24, 2.45) is 0 Å². The van der Waals surface area contributed by atoms with E-state index in [2.05, 4.69) is 4.72 Å². The Kier molecular flexibility index (Phi) is 6.87. The number of hydrogen-bond donors (Lipinski definition) is 1. The summed E-state index contributed by atoms with van der Waals surface area (Å²) >= 11 is -1.20. The topological polar surface area (TPSA) is 44.3 Å². The molecule has 0 saturated heterocycles. The molecule has 2 aromatic rings. The molecule has 0 radical (unpaired) electrons. The molecule has 3 nitrogen and oxygen atoms in total. The molecule has 0 aromatic heterocycles. The van der Waals surface area contributed by atoms with Crippen LogP contribution in [0.3, 0.4) is 0 Å². The number of methoxy groups -OCH3 is 1. The van der Waals surface area contributed by atoms with Crippen molar-refractivity contribution >= 4 is 11.4 Å². The van der Waals surface area contributed by atoms with Crippen molar-refractivity contribution in [3.05, 3.63) is 65.5 Å². The molecule has 1 N–H and O–H groups in total. The van der Waals surface area contributed by atoms with Crippen LogP contribution in [-0.4, -0.2) is 16.4 Å². The van der Waals surface area contributed by atoms with Crippen LogP contribution in [0.15, 0.2) is 48.5 Å². The Bertz CT molecular complexity index is 653. The van der Waals surface area contributed by atoms with E-state index < -0.39 is 11.4 Å². The number of ether oxygens (including phenoxy) is 1. The van der Waals surface area contributed by atoms with Crippen LogP contribution in [0.1, 0.15) is 44.4 Å². The van der Waals surface area contributed by atoms with Gasteiger partial charge in [0, 0.05) is 11.4 Å². The average Bonchev–Trinajstić information content (AvgIpc) is 2.59. The quantitative estimate of drug-likeness (QED) is 0.734. The zero-order chi connectivity index (χ0) is 18.4. The van der Waals surface area contributed by atoms with Crippen molar-refractivity contribution in [3.8, 4) is 5.75 Å². The third kappa shape index (κ3) is 6.03. The molecule has 0 fully saturated rings. The molecule has 5 heteroatoms. The van der Waals surface area contributed by atoms with Crippen LogP contribution in [-0.2, 0) is 17.8 Å². The van der Waals surface area contributed by atoms with Gasteiger partial charge in [0.1, 0.15) is 16.3 Å². The second-order valence-electron chi connectivity index (χ2n) is 6.99. The molecule has 2 atom stereocenters. The summed E-state index contributed by atoms with van der Waals surface area (Å²) in [5.74, 6) is 0.556. The van der Waals surface area contributed by atoms with Crippen molar-refractivity contribution in [1.82, 2.24) is 4.72 Å². The smallest absolute Gasteiger partial charge is 0.136 e. The zero-order valence-corrected chi connectivity index (χ0v) is 16.0. The first-order valence-corrected chi connectivity index (χ1v) is 9.51. The van der Waals surface area contributed by atoms with Gasteiger partial charge in [-0.2, -0.15) is 0 Å². The van der Waals surface area contributed by atoms with Gasteiger partial charge in [-0.05, 0) is 69.0 Å². The first-order valence-electron chi connectivity index (χ1n) is 8.36. The first-order chi connectivity index (χ1) is 11.8. The molecule has 0 aliphatic rings. The number of halogens is 1. The normalized spacial score (nSPS) is 14.2. The molecule has 25 heavy (non-hydrogen) atoms. The fourth-order valence-corrected chi connectivity index (χ4v) is 3.26. The van der Waals surface area contributed by atoms with E-state index in [1.54, 1.807) is 19.2 Å². The third-order valence-corrected chi connectivity index (χ3v) is 5.57. The van der Waals surface area contributed by atoms with Crippen molar-refractivity contribution in [2.75, 3.05) is 7.11 Å². The van der Waals surface area contributed by atoms with Crippen LogP contribution in [0.4, 0.5) is 4.39 Å². The van der Waals surface area contributed by atoms with Gasteiger partial charge in [-0.15, -0.1) is 4.72 Å². The SMILES string of the molecule is COc1ccc(CCC(N[S+]([O-])C(C)(C)C)c2ccc(F)cc2)cc1. The average molecular weight is 363 g/mol. The van der Waals surface area contributed by atoms with Crippen LogP contribution in [0.2, 0.25) is 0 Å². The van der Waals surface area contributed by atoms with Gasteiger partial charge in [0.2, 0.25) is 0 Å². The summed E-state index contributed by atoms with van der Waals surface area (Å²) in [6.07, 6.45) is 1.58. The van der Waals surface area contributed by atoms with Gasteiger partial charge >= 0.3 is 0 Å². The van der Waals surface area contributed by atoms with Crippen molar-refractivity contribution < 1.29 is 13.7 Å². The Morgan fingerprint density at radius 2 is 1.68 bits per heavy atom. The molecule has 0 aliphatic carbocycles. The monoisotopic (exact) mass is 363 g/mol. The highest BCUT2D eigenvalue weighted by atomic mass is 32.2. The van der Waals surface area contributed by atoms with Gasteiger partial charge in [0.05, 0.1) is 13.2 Å². The zero-order valence-electron chi connectivity index (χ0n) is 15.2. The molecule has 2 rings (SSSR count). The Morgan fingerprint density at radius 3 is 2.20 bits per heavy atom. The molecule has 0 saturated carbocycles. The lowest BCUT2D eigenvalue weighted by atomic mass is 10.00. The van der Waals surface area contributed by atoms with Crippen LogP contribution >= 0.6 is 0 Å². The van der Waals surface area contributed by atoms with Crippen molar-refractivity contribution in [1.29, 1.82) is 0 Å². The second kappa shape index (κ2) is 8.70. The molecular formula is C20H26FNO2S. The van der Waals surface area contributed by atoms with Crippen LogP contribution < -0.4 is 9.46 Å². The highest BCUT2D eigenvalue weighted by Crippen LogP contribution is 2.25. The molecule has 0 aliphatic heterocycles. The Morgan fingerprint density at radius 1 is 1.08 bits per heavy atom. The predicted molar refractivity (Wildman–Crippen MR) is 101 cm³/mol. The molecule has 136 valence electrons. The van der Waals surface area contributed by atoms with Crippen LogP contribution in [0, 0.1) is 5.82 Å². The maximum absolute atomic E-state index is 13.2. The minimum atomic E-state index is -1.20. The van der Waals surface area contributed by atoms with Crippen LogP contribution in [0.5, 0.6) is 5.75 Å². The fraction of sp³-hybridized carbons (Fsp3) is 0.400. The Labute approximate surface area is 152 Å². The van der Waals surface area contributed by atoms with E-state index in [0.29, 0.717) is 0 Å². The van der Waals surface area contributed by atoms with Gasteiger partial charge in [-0.25, -0.2) is 4.39 Å². The highest BCUT2D eigenvalue weighted by molar-refractivity contribution is 7.90. The summed E-state index contributed by atoms with van der Waals surface area (Å²) < 4.78 is 33.8. The molecule has 0 bridgehead atoms. The molecule has 2 aromatic carbocycles. The lowest BCUT2D eigenvalue weighted by Gasteiger charge is -2.28. The minimum absolute atomic E-state index is 0.109. The number of benzene rings is 2. The lowest BCUT2D eigenvalue weighted by Crippen LogP contribution is -2.41. The van der Waals surface area contributed by atoms with Crippen molar-refractivity contribution in [2.45, 2.75) is 44.4 Å². The molecule has 0 spiro atoms. The standard InChI is InChI=1S/C20H26FNO2S/c1-20(2,3)25(23)22-19(16-8-10-17(21)11-9-16)14-7-15-5-12-18(24-4)13-6-15/h5-6,8-13,19,22H,7,14H2,1-4H3. The molecule has 0 heterocycles. The maximum atomic E-state index is 13.2. The second-order valence-corrected chi connectivity index (χ2v) is 8.99. The summed E-state index contributed by atoms with van der Waals surface area (Å²) in [4.78, 5) is 0. The number of aryl methyl sites for hydroxylation is 1. The van der Waals surface area contributed by atoms with E-state index in [0.717, 1.165) is 24.2 Å². The summed E-state index contributed by atoms with van der Waals surface area (Å²) in [6, 6.07) is 14.2. The minimum Gasteiger partial charge on any atom is -0.598 e. The summed E-state index contributed by atoms with van der Waals surface area (Å²) in [5.41, 5.74) is 2.11. The van der Waals surface area contributed by atoms with Gasteiger partial charge in [0.15, 0.2) is 0 Å².